The minimum absolute atomic E-state index is 0.113. The smallest absolute Gasteiger partial charge is 0.262 e. The van der Waals surface area contributed by atoms with E-state index in [1.165, 1.54) is 12.3 Å². The molecule has 3 rings (SSSR count). The molecule has 0 amide bonds. The number of hydrogen-bond donors (Lipinski definition) is 2. The molecular weight excluding hydrogens is 360 g/mol. The molecule has 0 heterocycles. The predicted octanol–water partition coefficient (Wildman–Crippen LogP) is 4.56. The molecule has 0 spiro atoms. The van der Waals surface area contributed by atoms with Gasteiger partial charge in [-0.3, -0.25) is 9.71 Å². The maximum atomic E-state index is 12.8. The molecule has 0 unspecified atom stereocenters. The van der Waals surface area contributed by atoms with Crippen LogP contribution in [0.5, 0.6) is 5.75 Å². The van der Waals surface area contributed by atoms with Crippen LogP contribution in [-0.2, 0) is 10.0 Å². The molecule has 0 saturated carbocycles. The van der Waals surface area contributed by atoms with Gasteiger partial charge in [0.15, 0.2) is 0 Å². The maximum Gasteiger partial charge on any atom is 0.262 e. The highest BCUT2D eigenvalue weighted by molar-refractivity contribution is 7.92. The van der Waals surface area contributed by atoms with E-state index in [-0.39, 0.29) is 10.6 Å². The monoisotopic (exact) mass is 380 g/mol. The lowest BCUT2D eigenvalue weighted by atomic mass is 10.2. The molecule has 2 N–H and O–H groups in total. The van der Waals surface area contributed by atoms with E-state index in [2.05, 4.69) is 9.71 Å². The molecule has 0 aliphatic carbocycles. The molecule has 0 radical (unpaired) electrons. The SMILES string of the molecule is Cc1cccc(NS(=O)(=O)c2cc(N=Cc3ccccc3O)ccc2C)c1. The number of sulfonamides is 1. The minimum Gasteiger partial charge on any atom is -0.507 e. The van der Waals surface area contributed by atoms with Crippen molar-refractivity contribution >= 4 is 27.6 Å². The van der Waals surface area contributed by atoms with E-state index in [4.69, 9.17) is 0 Å². The van der Waals surface area contributed by atoms with Crippen molar-refractivity contribution in [2.75, 3.05) is 4.72 Å². The highest BCUT2D eigenvalue weighted by Gasteiger charge is 2.17. The first kappa shape index (κ1) is 18.7. The number of anilines is 1. The number of rotatable bonds is 5. The fourth-order valence-electron chi connectivity index (χ4n) is 2.62. The lowest BCUT2D eigenvalue weighted by molar-refractivity contribution is 0.474. The quantitative estimate of drug-likeness (QED) is 0.637. The van der Waals surface area contributed by atoms with Gasteiger partial charge in [0.05, 0.1) is 10.6 Å². The average molecular weight is 380 g/mol. The molecule has 0 aliphatic rings. The van der Waals surface area contributed by atoms with Crippen molar-refractivity contribution < 1.29 is 13.5 Å². The summed E-state index contributed by atoms with van der Waals surface area (Å²) in [4.78, 5) is 4.46. The summed E-state index contributed by atoms with van der Waals surface area (Å²) < 4.78 is 28.2. The van der Waals surface area contributed by atoms with Gasteiger partial charge in [0.2, 0.25) is 0 Å². The first-order valence-corrected chi connectivity index (χ1v) is 9.86. The predicted molar refractivity (Wildman–Crippen MR) is 109 cm³/mol. The zero-order chi connectivity index (χ0) is 19.4. The Hall–Kier alpha value is -3.12. The van der Waals surface area contributed by atoms with E-state index in [0.29, 0.717) is 22.5 Å². The fraction of sp³-hybridized carbons (Fsp3) is 0.0952. The number of para-hydroxylation sites is 1. The van der Waals surface area contributed by atoms with Crippen LogP contribution >= 0.6 is 0 Å². The molecule has 0 saturated heterocycles. The van der Waals surface area contributed by atoms with Gasteiger partial charge >= 0.3 is 0 Å². The van der Waals surface area contributed by atoms with Crippen LogP contribution in [0, 0.1) is 13.8 Å². The highest BCUT2D eigenvalue weighted by Crippen LogP contribution is 2.25. The van der Waals surface area contributed by atoms with Gasteiger partial charge in [0.1, 0.15) is 5.75 Å². The molecule has 0 bridgehead atoms. The van der Waals surface area contributed by atoms with Crippen molar-refractivity contribution in [1.82, 2.24) is 0 Å². The van der Waals surface area contributed by atoms with Crippen LogP contribution in [0.25, 0.3) is 0 Å². The third kappa shape index (κ3) is 4.54. The van der Waals surface area contributed by atoms with Gasteiger partial charge in [-0.25, -0.2) is 8.42 Å². The second-order valence-corrected chi connectivity index (χ2v) is 7.89. The molecule has 0 atom stereocenters. The molecular formula is C21H20N2O3S. The molecule has 5 nitrogen and oxygen atoms in total. The number of phenolic OH excluding ortho intramolecular Hbond substituents is 1. The van der Waals surface area contributed by atoms with Crippen molar-refractivity contribution in [3.05, 3.63) is 83.4 Å². The number of aliphatic imine (C=N–C) groups is 1. The van der Waals surface area contributed by atoms with Crippen molar-refractivity contribution in [3.63, 3.8) is 0 Å². The second kappa shape index (κ2) is 7.63. The van der Waals surface area contributed by atoms with Crippen LogP contribution in [0.4, 0.5) is 11.4 Å². The molecule has 0 fully saturated rings. The highest BCUT2D eigenvalue weighted by atomic mass is 32.2. The number of benzene rings is 3. The topological polar surface area (TPSA) is 78.8 Å². The lowest BCUT2D eigenvalue weighted by Crippen LogP contribution is -2.14. The van der Waals surface area contributed by atoms with Gasteiger partial charge in [0.25, 0.3) is 10.0 Å². The number of aromatic hydroxyl groups is 1. The van der Waals surface area contributed by atoms with Crippen molar-refractivity contribution in [2.45, 2.75) is 18.7 Å². The summed E-state index contributed by atoms with van der Waals surface area (Å²) in [7, 11) is -3.75. The maximum absolute atomic E-state index is 12.8. The van der Waals surface area contributed by atoms with Gasteiger partial charge in [-0.05, 0) is 61.4 Å². The van der Waals surface area contributed by atoms with E-state index in [9.17, 15) is 13.5 Å². The van der Waals surface area contributed by atoms with Gasteiger partial charge < -0.3 is 5.11 Å². The van der Waals surface area contributed by atoms with Crippen LogP contribution in [0.2, 0.25) is 0 Å². The molecule has 0 aromatic heterocycles. The number of hydrogen-bond acceptors (Lipinski definition) is 4. The normalized spacial score (nSPS) is 11.6. The summed E-state index contributed by atoms with van der Waals surface area (Å²) in [5.74, 6) is 0.113. The summed E-state index contributed by atoms with van der Waals surface area (Å²) in [6, 6.07) is 18.9. The molecule has 27 heavy (non-hydrogen) atoms. The van der Waals surface area contributed by atoms with Gasteiger partial charge in [0, 0.05) is 17.5 Å². The summed E-state index contributed by atoms with van der Waals surface area (Å²) >= 11 is 0. The van der Waals surface area contributed by atoms with E-state index in [1.807, 2.05) is 13.0 Å². The minimum atomic E-state index is -3.75. The van der Waals surface area contributed by atoms with Gasteiger partial charge in [-0.1, -0.05) is 30.3 Å². The zero-order valence-electron chi connectivity index (χ0n) is 15.0. The first-order valence-electron chi connectivity index (χ1n) is 8.37. The second-order valence-electron chi connectivity index (χ2n) is 6.24. The third-order valence-electron chi connectivity index (χ3n) is 4.02. The standard InChI is InChI=1S/C21H20N2O3S/c1-15-6-5-8-19(12-15)23-27(25,26)21-13-18(11-10-16(21)2)22-14-17-7-3-4-9-20(17)24/h3-14,23-24H,1-2H3. The Morgan fingerprint density at radius 3 is 2.48 bits per heavy atom. The van der Waals surface area contributed by atoms with Crippen LogP contribution in [-0.4, -0.2) is 19.7 Å². The largest absolute Gasteiger partial charge is 0.507 e. The summed E-state index contributed by atoms with van der Waals surface area (Å²) in [6.07, 6.45) is 1.50. The Balaban J connectivity index is 1.92. The van der Waals surface area contributed by atoms with Crippen LogP contribution in [0.1, 0.15) is 16.7 Å². The van der Waals surface area contributed by atoms with Crippen molar-refractivity contribution in [3.8, 4) is 5.75 Å². The summed E-state index contributed by atoms with van der Waals surface area (Å²) in [5.41, 5.74) is 3.14. The Kier molecular flexibility index (Phi) is 5.28. The van der Waals surface area contributed by atoms with E-state index in [1.54, 1.807) is 61.5 Å². The van der Waals surface area contributed by atoms with Crippen molar-refractivity contribution in [1.29, 1.82) is 0 Å². The van der Waals surface area contributed by atoms with E-state index >= 15 is 0 Å². The Morgan fingerprint density at radius 1 is 0.963 bits per heavy atom. The number of phenols is 1. The number of nitrogens with one attached hydrogen (secondary N) is 1. The van der Waals surface area contributed by atoms with Crippen LogP contribution in [0.3, 0.4) is 0 Å². The molecule has 3 aromatic rings. The number of aryl methyl sites for hydroxylation is 2. The van der Waals surface area contributed by atoms with Crippen LogP contribution in [0.15, 0.2) is 76.6 Å². The molecule has 3 aromatic carbocycles. The Bertz CT molecular complexity index is 1110. The third-order valence-corrected chi connectivity index (χ3v) is 5.54. The van der Waals surface area contributed by atoms with Gasteiger partial charge in [-0.2, -0.15) is 0 Å². The van der Waals surface area contributed by atoms with E-state index in [0.717, 1.165) is 5.56 Å². The molecule has 138 valence electrons. The van der Waals surface area contributed by atoms with Gasteiger partial charge in [-0.15, -0.1) is 0 Å². The molecule has 0 aliphatic heterocycles. The Labute approximate surface area is 159 Å². The lowest BCUT2D eigenvalue weighted by Gasteiger charge is -2.11. The summed E-state index contributed by atoms with van der Waals surface area (Å²) in [6.45, 7) is 3.64. The fourth-order valence-corrected chi connectivity index (χ4v) is 3.93. The van der Waals surface area contributed by atoms with E-state index < -0.39 is 10.0 Å². The molecule has 6 heteroatoms. The summed E-state index contributed by atoms with van der Waals surface area (Å²) in [5, 5.41) is 9.81. The zero-order valence-corrected chi connectivity index (χ0v) is 15.9. The Morgan fingerprint density at radius 2 is 1.74 bits per heavy atom. The first-order chi connectivity index (χ1) is 12.8. The van der Waals surface area contributed by atoms with Crippen LogP contribution < -0.4 is 4.72 Å². The van der Waals surface area contributed by atoms with Crippen molar-refractivity contribution in [2.24, 2.45) is 4.99 Å². The average Bonchev–Trinajstić information content (AvgIpc) is 2.61. The number of nitrogens with zero attached hydrogens (tertiary/aromatic N) is 1.